The third kappa shape index (κ3) is 8.32. The van der Waals surface area contributed by atoms with Crippen LogP contribution in [-0.2, 0) is 9.59 Å². The number of halogens is 1. The molecule has 3 unspecified atom stereocenters. The molecule has 0 bridgehead atoms. The quantitative estimate of drug-likeness (QED) is 0.134. The van der Waals surface area contributed by atoms with E-state index < -0.39 is 29.7 Å². The maximum absolute atomic E-state index is 13.4. The Bertz CT molecular complexity index is 2220. The van der Waals surface area contributed by atoms with Crippen LogP contribution < -0.4 is 25.6 Å². The Morgan fingerprint density at radius 1 is 0.883 bits per heavy atom. The minimum absolute atomic E-state index is 0.0315. The molecule has 0 spiro atoms. The second-order valence-corrected chi connectivity index (χ2v) is 18.1. The van der Waals surface area contributed by atoms with Crippen LogP contribution >= 0.6 is 11.6 Å². The van der Waals surface area contributed by atoms with Gasteiger partial charge in [-0.2, -0.15) is 5.26 Å². The molecule has 4 fully saturated rings. The summed E-state index contributed by atoms with van der Waals surface area (Å²) in [4.78, 5) is 69.2. The predicted molar refractivity (Wildman–Crippen MR) is 227 cm³/mol. The molecule has 3 aromatic carbocycles. The van der Waals surface area contributed by atoms with Crippen molar-refractivity contribution in [3.8, 4) is 11.8 Å². The SMILES string of the molecule is CC12CC(NC(=O)c3ccc(N4CCN(CCCCCNc5ccc6c(c5)C(=O)N(C5CCC(=O)NC5=O)C6=O)CC4)cc3)CC1(C)CC(Oc1ccc(C#N)c(Cl)c1)C2. The number of nitrogens with zero attached hydrogens (tertiary/aromatic N) is 4. The number of ether oxygens (including phenoxy) is 1. The number of hydrogen-bond acceptors (Lipinski definition) is 10. The van der Waals surface area contributed by atoms with E-state index in [9.17, 15) is 29.2 Å². The number of rotatable bonds is 13. The van der Waals surface area contributed by atoms with Crippen molar-refractivity contribution in [1.82, 2.24) is 20.4 Å². The smallest absolute Gasteiger partial charge is 0.262 e. The van der Waals surface area contributed by atoms with E-state index in [2.05, 4.69) is 57.8 Å². The van der Waals surface area contributed by atoms with Crippen LogP contribution in [0.15, 0.2) is 60.7 Å². The third-order valence-electron chi connectivity index (χ3n) is 13.7. The highest BCUT2D eigenvalue weighted by molar-refractivity contribution is 6.31. The number of nitrogens with one attached hydrogen (secondary N) is 3. The Labute approximate surface area is 355 Å². The normalized spacial score (nSPS) is 26.4. The van der Waals surface area contributed by atoms with Crippen LogP contribution in [0.25, 0.3) is 0 Å². The van der Waals surface area contributed by atoms with Gasteiger partial charge >= 0.3 is 0 Å². The lowest BCUT2D eigenvalue weighted by Crippen LogP contribution is -2.54. The summed E-state index contributed by atoms with van der Waals surface area (Å²) in [5.41, 5.74) is 3.62. The molecule has 13 nitrogen and oxygen atoms in total. The van der Waals surface area contributed by atoms with E-state index in [-0.39, 0.29) is 52.9 Å². The molecule has 2 saturated carbocycles. The van der Waals surface area contributed by atoms with Gasteiger partial charge < -0.3 is 20.3 Å². The van der Waals surface area contributed by atoms with Gasteiger partial charge in [0.2, 0.25) is 11.8 Å². The van der Waals surface area contributed by atoms with Gasteiger partial charge in [0.15, 0.2) is 0 Å². The molecular weight excluding hydrogens is 782 g/mol. The Kier molecular flexibility index (Phi) is 11.6. The van der Waals surface area contributed by atoms with E-state index >= 15 is 0 Å². The summed E-state index contributed by atoms with van der Waals surface area (Å²) in [6.45, 7) is 10.2. The Morgan fingerprint density at radius 3 is 2.28 bits per heavy atom. The second kappa shape index (κ2) is 16.9. The number of piperidine rings is 1. The summed E-state index contributed by atoms with van der Waals surface area (Å²) in [5, 5.41) is 18.5. The number of anilines is 2. The molecule has 3 aliphatic heterocycles. The van der Waals surface area contributed by atoms with Gasteiger partial charge in [0.25, 0.3) is 17.7 Å². The van der Waals surface area contributed by atoms with Crippen molar-refractivity contribution < 1.29 is 28.7 Å². The molecular formula is C46H52ClN7O6. The Balaban J connectivity index is 0.722. The number of hydrogen-bond donors (Lipinski definition) is 3. The minimum Gasteiger partial charge on any atom is -0.490 e. The summed E-state index contributed by atoms with van der Waals surface area (Å²) < 4.78 is 6.33. The summed E-state index contributed by atoms with van der Waals surface area (Å²) in [5.74, 6) is -1.36. The Hall–Kier alpha value is -5.45. The van der Waals surface area contributed by atoms with Crippen molar-refractivity contribution in [1.29, 1.82) is 5.26 Å². The molecule has 8 rings (SSSR count). The van der Waals surface area contributed by atoms with E-state index in [1.54, 1.807) is 30.3 Å². The molecule has 3 atom stereocenters. The van der Waals surface area contributed by atoms with Gasteiger partial charge in [-0.1, -0.05) is 31.9 Å². The number of unbranched alkanes of at least 4 members (excludes halogenated alkanes) is 2. The lowest BCUT2D eigenvalue weighted by atomic mass is 9.71. The average Bonchev–Trinajstić information content (AvgIpc) is 3.72. The predicted octanol–water partition coefficient (Wildman–Crippen LogP) is 6.16. The molecule has 3 aromatic rings. The zero-order valence-corrected chi connectivity index (χ0v) is 35.0. The number of fused-ring (bicyclic) bond motifs is 2. The average molecular weight is 834 g/mol. The zero-order valence-electron chi connectivity index (χ0n) is 34.2. The number of imide groups is 2. The summed E-state index contributed by atoms with van der Waals surface area (Å²) in [6, 6.07) is 19.5. The summed E-state index contributed by atoms with van der Waals surface area (Å²) >= 11 is 6.24. The third-order valence-corrected chi connectivity index (χ3v) is 14.0. The first-order chi connectivity index (χ1) is 28.8. The molecule has 14 heteroatoms. The van der Waals surface area contributed by atoms with Crippen LogP contribution in [-0.4, -0.2) is 96.8 Å². The van der Waals surface area contributed by atoms with E-state index in [0.29, 0.717) is 21.9 Å². The van der Waals surface area contributed by atoms with Crippen molar-refractivity contribution >= 4 is 52.5 Å². The van der Waals surface area contributed by atoms with Crippen molar-refractivity contribution in [2.24, 2.45) is 10.8 Å². The van der Waals surface area contributed by atoms with E-state index in [4.69, 9.17) is 16.3 Å². The number of amides is 5. The standard InChI is InChI=1S/C46H52ClN7O6/c1-45-24-32(25-46(45,2)27-35(26-45)60-34-12-8-30(28-48)38(47)23-34)50-41(56)29-6-10-33(11-7-29)53-20-18-52(19-21-53)17-5-3-4-16-49-31-9-13-36-37(22-31)44(59)54(43(36)58)39-14-15-40(55)51-42(39)57/h6-13,22-23,32,35,39,49H,3-5,14-21,24-27H2,1-2H3,(H,50,56)(H,51,55,57). The van der Waals surface area contributed by atoms with Crippen LogP contribution in [0, 0.1) is 22.2 Å². The monoisotopic (exact) mass is 833 g/mol. The first kappa shape index (κ1) is 41.3. The minimum atomic E-state index is -0.972. The molecule has 2 saturated heterocycles. The molecule has 0 radical (unpaired) electrons. The maximum atomic E-state index is 13.4. The van der Waals surface area contributed by atoms with Crippen molar-refractivity contribution in [3.05, 3.63) is 87.9 Å². The van der Waals surface area contributed by atoms with Crippen molar-refractivity contribution in [3.63, 3.8) is 0 Å². The second-order valence-electron chi connectivity index (χ2n) is 17.7. The first-order valence-electron chi connectivity index (χ1n) is 21.2. The van der Waals surface area contributed by atoms with Gasteiger partial charge in [-0.3, -0.25) is 39.1 Å². The molecule has 2 aliphatic carbocycles. The molecule has 3 N–H and O–H groups in total. The highest BCUT2D eigenvalue weighted by Gasteiger charge is 2.59. The fraction of sp³-hybridized carbons (Fsp3) is 0.478. The van der Waals surface area contributed by atoms with Crippen LogP contribution in [0.3, 0.4) is 0 Å². The van der Waals surface area contributed by atoms with Crippen LogP contribution in [0.4, 0.5) is 11.4 Å². The highest BCUT2D eigenvalue weighted by Crippen LogP contribution is 2.63. The van der Waals surface area contributed by atoms with E-state index in [1.807, 2.05) is 18.2 Å². The van der Waals surface area contributed by atoms with Crippen LogP contribution in [0.5, 0.6) is 5.75 Å². The van der Waals surface area contributed by atoms with Gasteiger partial charge in [0.1, 0.15) is 17.9 Å². The number of nitriles is 1. The zero-order chi connectivity index (χ0) is 42.2. The molecule has 5 aliphatic rings. The van der Waals surface area contributed by atoms with Crippen molar-refractivity contribution in [2.45, 2.75) is 89.8 Å². The molecule has 5 amide bonds. The van der Waals surface area contributed by atoms with Gasteiger partial charge in [-0.15, -0.1) is 0 Å². The lowest BCUT2D eigenvalue weighted by molar-refractivity contribution is -0.136. The van der Waals surface area contributed by atoms with Crippen molar-refractivity contribution in [2.75, 3.05) is 49.5 Å². The number of piperazine rings is 1. The highest BCUT2D eigenvalue weighted by atomic mass is 35.5. The maximum Gasteiger partial charge on any atom is 0.262 e. The van der Waals surface area contributed by atoms with Crippen LogP contribution in [0.2, 0.25) is 5.02 Å². The van der Waals surface area contributed by atoms with Crippen LogP contribution in [0.1, 0.15) is 108 Å². The molecule has 0 aromatic heterocycles. The first-order valence-corrected chi connectivity index (χ1v) is 21.5. The van der Waals surface area contributed by atoms with E-state index in [0.717, 1.165) is 100 Å². The van der Waals surface area contributed by atoms with Gasteiger partial charge in [-0.25, -0.2) is 0 Å². The topological polar surface area (TPSA) is 164 Å². The molecule has 3 heterocycles. The number of carbonyl (C=O) groups excluding carboxylic acids is 5. The van der Waals surface area contributed by atoms with Gasteiger partial charge in [0.05, 0.1) is 27.8 Å². The summed E-state index contributed by atoms with van der Waals surface area (Å²) in [7, 11) is 0. The molecule has 60 heavy (non-hydrogen) atoms. The molecule has 314 valence electrons. The Morgan fingerprint density at radius 2 is 1.60 bits per heavy atom. The lowest BCUT2D eigenvalue weighted by Gasteiger charge is -2.36. The fourth-order valence-corrected chi connectivity index (χ4v) is 10.4. The van der Waals surface area contributed by atoms with Gasteiger partial charge in [-0.05, 0) is 117 Å². The number of benzene rings is 3. The fourth-order valence-electron chi connectivity index (χ4n) is 10.2. The largest absolute Gasteiger partial charge is 0.490 e. The van der Waals surface area contributed by atoms with E-state index in [1.165, 1.54) is 0 Å². The number of carbonyl (C=O) groups is 5. The summed E-state index contributed by atoms with van der Waals surface area (Å²) in [6.07, 6.45) is 6.97. The van der Waals surface area contributed by atoms with Gasteiger partial charge in [0, 0.05) is 68.2 Å².